The van der Waals surface area contributed by atoms with E-state index in [-0.39, 0.29) is 18.7 Å². The summed E-state index contributed by atoms with van der Waals surface area (Å²) < 4.78 is -1.04. The van der Waals surface area contributed by atoms with E-state index in [0.29, 0.717) is 0 Å². The zero-order valence-corrected chi connectivity index (χ0v) is 10.6. The Morgan fingerprint density at radius 1 is 1.41 bits per heavy atom. The minimum Gasteiger partial charge on any atom is -0.369 e. The molecule has 0 saturated carbocycles. The van der Waals surface area contributed by atoms with Crippen LogP contribution in [0, 0.1) is 0 Å². The first-order valence-corrected chi connectivity index (χ1v) is 5.50. The average Bonchev–Trinajstić information content (AvgIpc) is 2.08. The van der Waals surface area contributed by atoms with Gasteiger partial charge in [0.2, 0.25) is 9.70 Å². The lowest BCUT2D eigenvalue weighted by atomic mass is 10.3. The van der Waals surface area contributed by atoms with Gasteiger partial charge in [-0.2, -0.15) is 0 Å². The quantitative estimate of drug-likeness (QED) is 0.765. The number of hydrogen-bond acceptors (Lipinski definition) is 3. The van der Waals surface area contributed by atoms with Gasteiger partial charge < -0.3 is 10.7 Å². The molecule has 9 heteroatoms. The van der Waals surface area contributed by atoms with Gasteiger partial charge in [-0.1, -0.05) is 34.8 Å². The van der Waals surface area contributed by atoms with Crippen molar-refractivity contribution >= 4 is 40.7 Å². The summed E-state index contributed by atoms with van der Waals surface area (Å²) in [5, 5.41) is 0. The Bertz CT molecular complexity index is 512. The highest BCUT2D eigenvalue weighted by atomic mass is 35.6. The molecular weight excluding hydrogens is 292 g/mol. The van der Waals surface area contributed by atoms with Gasteiger partial charge in [-0.05, 0) is 0 Å². The normalized spacial score (nSPS) is 11.5. The van der Waals surface area contributed by atoms with Crippen molar-refractivity contribution in [2.24, 2.45) is 5.73 Å². The van der Waals surface area contributed by atoms with Crippen LogP contribution in [0.25, 0.3) is 0 Å². The summed E-state index contributed by atoms with van der Waals surface area (Å²) in [5.41, 5.74) is 3.62. The molecule has 0 aliphatic rings. The fourth-order valence-electron chi connectivity index (χ4n) is 1.18. The third-order valence-corrected chi connectivity index (χ3v) is 2.14. The summed E-state index contributed by atoms with van der Waals surface area (Å²) in [6.07, 6.45) is -0.237. The van der Waals surface area contributed by atoms with Crippen LogP contribution in [0.1, 0.15) is 5.69 Å². The molecule has 0 saturated heterocycles. The van der Waals surface area contributed by atoms with Crippen molar-refractivity contribution in [2.45, 2.75) is 16.8 Å². The Balaban J connectivity index is 3.16. The first-order valence-electron chi connectivity index (χ1n) is 4.37. The number of amides is 1. The number of H-pyrrole nitrogens is 1. The minimum atomic E-state index is -1.76. The molecule has 6 nitrogen and oxygen atoms in total. The maximum absolute atomic E-state index is 11.5. The molecule has 0 aromatic carbocycles. The highest BCUT2D eigenvalue weighted by Crippen LogP contribution is 2.26. The number of aromatic nitrogens is 2. The van der Waals surface area contributed by atoms with Crippen LogP contribution < -0.4 is 17.0 Å². The summed E-state index contributed by atoms with van der Waals surface area (Å²) in [6.45, 7) is -0.386. The molecule has 0 aliphatic carbocycles. The molecule has 3 N–H and O–H groups in total. The number of nitrogens with zero attached hydrogens (tertiary/aromatic N) is 1. The molecule has 0 spiro atoms. The molecule has 0 aliphatic heterocycles. The van der Waals surface area contributed by atoms with Crippen molar-refractivity contribution in [3.63, 3.8) is 0 Å². The molecule has 0 radical (unpaired) electrons. The summed E-state index contributed by atoms with van der Waals surface area (Å²) in [6, 6.07) is 1.06. The minimum absolute atomic E-state index is 0.119. The number of aromatic amines is 1. The maximum atomic E-state index is 11.5. The second-order valence-electron chi connectivity index (χ2n) is 3.28. The van der Waals surface area contributed by atoms with E-state index in [0.717, 1.165) is 10.6 Å². The van der Waals surface area contributed by atoms with E-state index in [9.17, 15) is 14.4 Å². The predicted octanol–water partition coefficient (Wildman–Crippen LogP) is -0.0654. The molecule has 1 heterocycles. The van der Waals surface area contributed by atoms with E-state index in [1.165, 1.54) is 0 Å². The SMILES string of the molecule is NC(=O)Cc1cc(=O)n(CC(Cl)(Cl)Cl)c(=O)[nH]1. The Morgan fingerprint density at radius 2 is 2.00 bits per heavy atom. The fraction of sp³-hybridized carbons (Fsp3) is 0.375. The van der Waals surface area contributed by atoms with Gasteiger partial charge in [0.05, 0.1) is 13.0 Å². The zero-order chi connectivity index (χ0) is 13.2. The van der Waals surface area contributed by atoms with Gasteiger partial charge in [-0.3, -0.25) is 14.2 Å². The van der Waals surface area contributed by atoms with Crippen molar-refractivity contribution in [1.29, 1.82) is 0 Å². The molecule has 94 valence electrons. The van der Waals surface area contributed by atoms with Gasteiger partial charge >= 0.3 is 5.69 Å². The number of rotatable bonds is 3. The summed E-state index contributed by atoms with van der Waals surface area (Å²) in [5.74, 6) is -0.667. The number of primary amides is 1. The van der Waals surface area contributed by atoms with Crippen LogP contribution in [0.15, 0.2) is 15.7 Å². The molecule has 1 rings (SSSR count). The third-order valence-electron chi connectivity index (χ3n) is 1.78. The van der Waals surface area contributed by atoms with Gasteiger partial charge in [0, 0.05) is 11.8 Å². The number of nitrogens with two attached hydrogens (primary N) is 1. The standard InChI is InChI=1S/C8H8Cl3N3O3/c9-8(10,11)3-14-6(16)2-4(1-5(12)15)13-7(14)17/h2H,1,3H2,(H2,12,15)(H,13,17). The molecule has 1 aromatic heterocycles. The Hall–Kier alpha value is -0.980. The second kappa shape index (κ2) is 5.12. The molecule has 0 fully saturated rings. The molecule has 1 amide bonds. The topological polar surface area (TPSA) is 97.9 Å². The second-order valence-corrected chi connectivity index (χ2v) is 5.80. The van der Waals surface area contributed by atoms with E-state index < -0.39 is 20.9 Å². The maximum Gasteiger partial charge on any atom is 0.328 e. The zero-order valence-electron chi connectivity index (χ0n) is 8.37. The summed E-state index contributed by atoms with van der Waals surface area (Å²) in [7, 11) is 0. The van der Waals surface area contributed by atoms with Gasteiger partial charge in [0.15, 0.2) is 0 Å². The van der Waals surface area contributed by atoms with Crippen LogP contribution in [0.3, 0.4) is 0 Å². The lowest BCUT2D eigenvalue weighted by Gasteiger charge is -2.12. The number of carbonyl (C=O) groups excluding carboxylic acids is 1. The van der Waals surface area contributed by atoms with Crippen molar-refractivity contribution in [2.75, 3.05) is 0 Å². The van der Waals surface area contributed by atoms with E-state index in [2.05, 4.69) is 4.98 Å². The van der Waals surface area contributed by atoms with Gasteiger partial charge in [-0.15, -0.1) is 0 Å². The molecule has 17 heavy (non-hydrogen) atoms. The van der Waals surface area contributed by atoms with Crippen molar-refractivity contribution in [3.05, 3.63) is 32.6 Å². The van der Waals surface area contributed by atoms with E-state index in [4.69, 9.17) is 40.5 Å². The number of halogens is 3. The Morgan fingerprint density at radius 3 is 2.41 bits per heavy atom. The summed E-state index contributed by atoms with van der Waals surface area (Å²) in [4.78, 5) is 36.0. The van der Waals surface area contributed by atoms with Crippen LogP contribution in [-0.4, -0.2) is 19.3 Å². The number of alkyl halides is 3. The first-order chi connectivity index (χ1) is 7.69. The van der Waals surface area contributed by atoms with Crippen molar-refractivity contribution in [1.82, 2.24) is 9.55 Å². The molecule has 0 unspecified atom stereocenters. The monoisotopic (exact) mass is 299 g/mol. The summed E-state index contributed by atoms with van der Waals surface area (Å²) >= 11 is 16.4. The van der Waals surface area contributed by atoms with Gasteiger partial charge in [0.1, 0.15) is 0 Å². The van der Waals surface area contributed by atoms with Gasteiger partial charge in [-0.25, -0.2) is 4.79 Å². The van der Waals surface area contributed by atoms with Crippen LogP contribution >= 0.6 is 34.8 Å². The number of nitrogens with one attached hydrogen (secondary N) is 1. The first kappa shape index (κ1) is 14.1. The highest BCUT2D eigenvalue weighted by Gasteiger charge is 2.22. The predicted molar refractivity (Wildman–Crippen MR) is 64.5 cm³/mol. The van der Waals surface area contributed by atoms with E-state index in [1.54, 1.807) is 0 Å². The molecular formula is C8H8Cl3N3O3. The van der Waals surface area contributed by atoms with Crippen LogP contribution in [0.2, 0.25) is 0 Å². The van der Waals surface area contributed by atoms with Crippen molar-refractivity contribution in [3.8, 4) is 0 Å². The molecule has 1 aromatic rings. The number of hydrogen-bond donors (Lipinski definition) is 2. The third kappa shape index (κ3) is 4.41. The Kier molecular flexibility index (Phi) is 4.24. The number of carbonyl (C=O) groups is 1. The van der Waals surface area contributed by atoms with E-state index in [1.807, 2.05) is 0 Å². The van der Waals surface area contributed by atoms with Crippen LogP contribution in [-0.2, 0) is 17.8 Å². The highest BCUT2D eigenvalue weighted by molar-refractivity contribution is 6.67. The van der Waals surface area contributed by atoms with Gasteiger partial charge in [0.25, 0.3) is 5.56 Å². The average molecular weight is 301 g/mol. The molecule has 0 bridgehead atoms. The van der Waals surface area contributed by atoms with E-state index >= 15 is 0 Å². The van der Waals surface area contributed by atoms with Crippen molar-refractivity contribution < 1.29 is 4.79 Å². The van der Waals surface area contributed by atoms with Crippen LogP contribution in [0.5, 0.6) is 0 Å². The lowest BCUT2D eigenvalue weighted by molar-refractivity contribution is -0.117. The lowest BCUT2D eigenvalue weighted by Crippen LogP contribution is -2.39. The largest absolute Gasteiger partial charge is 0.369 e. The molecule has 0 atom stereocenters. The Labute approximate surface area is 110 Å². The smallest absolute Gasteiger partial charge is 0.328 e. The fourth-order valence-corrected chi connectivity index (χ4v) is 1.54. The van der Waals surface area contributed by atoms with Crippen LogP contribution in [0.4, 0.5) is 0 Å².